The topological polar surface area (TPSA) is 125 Å². The Morgan fingerprint density at radius 3 is 2.33 bits per heavy atom. The summed E-state index contributed by atoms with van der Waals surface area (Å²) in [7, 11) is 0. The van der Waals surface area contributed by atoms with Gasteiger partial charge in [0.2, 0.25) is 0 Å². The number of fused-ring (bicyclic) bond motifs is 2. The number of aromatic nitrogens is 2. The third kappa shape index (κ3) is 5.17. The maximum atomic E-state index is 13.8. The molecule has 0 aliphatic carbocycles. The van der Waals surface area contributed by atoms with E-state index in [1.807, 2.05) is 6.07 Å². The molecule has 172 valence electrons. The van der Waals surface area contributed by atoms with Gasteiger partial charge in [0.25, 0.3) is 0 Å². The van der Waals surface area contributed by atoms with Crippen molar-refractivity contribution >= 4 is 40.1 Å². The molecular weight excluding hydrogens is 489 g/mol. The van der Waals surface area contributed by atoms with Gasteiger partial charge in [0.15, 0.2) is 17.3 Å². The molecule has 0 fully saturated rings. The number of carboxylic acids is 1. The van der Waals surface area contributed by atoms with E-state index in [0.29, 0.717) is 52.4 Å². The van der Waals surface area contributed by atoms with Crippen LogP contribution in [0.15, 0.2) is 66.2 Å². The van der Waals surface area contributed by atoms with Crippen molar-refractivity contribution in [3.05, 3.63) is 88.5 Å². The number of nitriles is 1. The van der Waals surface area contributed by atoms with E-state index in [0.717, 1.165) is 11.7 Å². The fourth-order valence-electron chi connectivity index (χ4n) is 3.90. The number of allylic oxidation sites excluding steroid dienone is 1. The minimum atomic E-state index is -1.48. The number of ether oxygens (including phenoxy) is 2. The van der Waals surface area contributed by atoms with Gasteiger partial charge in [-0.3, -0.25) is 4.79 Å². The second kappa shape index (κ2) is 11.0. The average molecular weight is 505 g/mol. The summed E-state index contributed by atoms with van der Waals surface area (Å²) in [4.78, 5) is 26.2. The van der Waals surface area contributed by atoms with Crippen LogP contribution >= 0.6 is 11.7 Å². The number of hydrogen-bond donors (Lipinski definition) is 0. The third-order valence-electron chi connectivity index (χ3n) is 5.59. The van der Waals surface area contributed by atoms with Gasteiger partial charge in [-0.1, -0.05) is 18.2 Å². The van der Waals surface area contributed by atoms with E-state index in [4.69, 9.17) is 14.7 Å². The number of benzene rings is 3. The Labute approximate surface area is 232 Å². The maximum absolute atomic E-state index is 13.8. The Kier molecular flexibility index (Phi) is 7.82. The molecule has 36 heavy (non-hydrogen) atoms. The van der Waals surface area contributed by atoms with Gasteiger partial charge in [-0.2, -0.15) is 14.0 Å². The van der Waals surface area contributed by atoms with Crippen LogP contribution in [-0.2, 0) is 11.2 Å². The monoisotopic (exact) mass is 505 g/mol. The van der Waals surface area contributed by atoms with Crippen molar-refractivity contribution in [1.82, 2.24) is 8.75 Å². The summed E-state index contributed by atoms with van der Waals surface area (Å²) in [5.41, 5.74) is 2.63. The molecule has 0 spiro atoms. The Morgan fingerprint density at radius 2 is 1.61 bits per heavy atom. The van der Waals surface area contributed by atoms with Crippen LogP contribution in [0.5, 0.6) is 11.5 Å². The van der Waals surface area contributed by atoms with E-state index >= 15 is 0 Å². The van der Waals surface area contributed by atoms with Crippen molar-refractivity contribution in [3.63, 3.8) is 0 Å². The molecule has 1 aliphatic heterocycles. The summed E-state index contributed by atoms with van der Waals surface area (Å²) in [6, 6.07) is 18.3. The standard InChI is InChI=1S/C26H17N3O5S.Na/c27-14-16-3-1-15(2-4-16)11-19(25(30)18-6-8-22-23(13-18)34-10-9-33-22)24(26(31)32)17-5-7-20-21(12-17)29-35-28-20;/h1-8,12-13H,9-11H2,(H,31,32);/q;+1/p-1/b24-19+;. The molecule has 0 bridgehead atoms. The number of ketones is 1. The first-order valence-corrected chi connectivity index (χ1v) is 11.4. The molecule has 0 unspecified atom stereocenters. The molecular formula is C26H16N3NaO5S. The summed E-state index contributed by atoms with van der Waals surface area (Å²) in [6.07, 6.45) is 0.00957. The Balaban J connectivity index is 0.00000304. The Hall–Kier alpha value is -3.55. The number of rotatable bonds is 6. The third-order valence-corrected chi connectivity index (χ3v) is 6.15. The first-order chi connectivity index (χ1) is 17.0. The van der Waals surface area contributed by atoms with E-state index < -0.39 is 11.8 Å². The van der Waals surface area contributed by atoms with Gasteiger partial charge in [-0.05, 0) is 53.6 Å². The van der Waals surface area contributed by atoms with E-state index in [2.05, 4.69) is 8.75 Å². The van der Waals surface area contributed by atoms with E-state index in [1.165, 1.54) is 0 Å². The van der Waals surface area contributed by atoms with Gasteiger partial charge in [-0.25, -0.2) is 0 Å². The molecule has 0 radical (unpaired) electrons. The molecule has 0 saturated heterocycles. The first kappa shape index (κ1) is 25.5. The molecule has 5 rings (SSSR count). The summed E-state index contributed by atoms with van der Waals surface area (Å²) in [5, 5.41) is 21.5. The zero-order valence-corrected chi connectivity index (χ0v) is 22.0. The maximum Gasteiger partial charge on any atom is 1.00 e. The summed E-state index contributed by atoms with van der Waals surface area (Å²) < 4.78 is 19.5. The van der Waals surface area contributed by atoms with Crippen LogP contribution in [0.3, 0.4) is 0 Å². The SMILES string of the molecule is N#Cc1ccc(C/C(C(=O)c2ccc3c(c2)OCCO3)=C(\C(=O)[O-])c2ccc3nsnc3c2)cc1.[Na+]. The average Bonchev–Trinajstić information content (AvgIpc) is 3.36. The van der Waals surface area contributed by atoms with Crippen molar-refractivity contribution in [1.29, 1.82) is 5.26 Å². The molecule has 2 heterocycles. The predicted molar refractivity (Wildman–Crippen MR) is 126 cm³/mol. The molecule has 1 aromatic heterocycles. The smallest absolute Gasteiger partial charge is 0.545 e. The molecule has 0 amide bonds. The number of nitrogens with zero attached hydrogens (tertiary/aromatic N) is 3. The Bertz CT molecular complexity index is 1540. The van der Waals surface area contributed by atoms with Crippen molar-refractivity contribution < 1.29 is 53.7 Å². The van der Waals surface area contributed by atoms with Crippen LogP contribution in [0.1, 0.15) is 27.0 Å². The van der Waals surface area contributed by atoms with Crippen LogP contribution in [0.25, 0.3) is 16.6 Å². The molecule has 0 saturated carbocycles. The summed E-state index contributed by atoms with van der Waals surface area (Å²) >= 11 is 1.01. The van der Waals surface area contributed by atoms with Gasteiger partial charge < -0.3 is 19.4 Å². The van der Waals surface area contributed by atoms with E-state index in [1.54, 1.807) is 60.7 Å². The van der Waals surface area contributed by atoms with Gasteiger partial charge in [-0.15, -0.1) is 0 Å². The van der Waals surface area contributed by atoms with Crippen LogP contribution in [0.4, 0.5) is 0 Å². The zero-order valence-electron chi connectivity index (χ0n) is 19.2. The first-order valence-electron chi connectivity index (χ1n) is 10.6. The van der Waals surface area contributed by atoms with Crippen molar-refractivity contribution in [3.8, 4) is 17.6 Å². The van der Waals surface area contributed by atoms with Crippen molar-refractivity contribution in [2.75, 3.05) is 13.2 Å². The van der Waals surface area contributed by atoms with Crippen LogP contribution in [0.2, 0.25) is 0 Å². The molecule has 0 atom stereocenters. The Morgan fingerprint density at radius 1 is 0.917 bits per heavy atom. The van der Waals surface area contributed by atoms with Gasteiger partial charge >= 0.3 is 29.6 Å². The fourth-order valence-corrected chi connectivity index (χ4v) is 4.41. The fraction of sp³-hybridized carbons (Fsp3) is 0.115. The number of aliphatic carboxylic acids is 1. The largest absolute Gasteiger partial charge is 1.00 e. The van der Waals surface area contributed by atoms with E-state index in [9.17, 15) is 14.7 Å². The molecule has 8 nitrogen and oxygen atoms in total. The number of hydrogen-bond acceptors (Lipinski definition) is 9. The summed E-state index contributed by atoms with van der Waals surface area (Å²) in [5.74, 6) is -1.03. The van der Waals surface area contributed by atoms with Crippen molar-refractivity contribution in [2.45, 2.75) is 6.42 Å². The van der Waals surface area contributed by atoms with Gasteiger partial charge in [0.05, 0.1) is 29.3 Å². The van der Waals surface area contributed by atoms with Gasteiger partial charge in [0, 0.05) is 23.1 Å². The van der Waals surface area contributed by atoms with Crippen molar-refractivity contribution in [2.24, 2.45) is 0 Å². The zero-order chi connectivity index (χ0) is 24.4. The summed E-state index contributed by atoms with van der Waals surface area (Å²) in [6.45, 7) is 0.761. The molecule has 4 aromatic rings. The number of carbonyl (C=O) groups excluding carboxylic acids is 2. The second-order valence-corrected chi connectivity index (χ2v) is 8.31. The minimum Gasteiger partial charge on any atom is -0.545 e. The molecule has 0 N–H and O–H groups in total. The van der Waals surface area contributed by atoms with Crippen LogP contribution in [-0.4, -0.2) is 33.7 Å². The number of Topliss-reactive ketones (excluding diaryl/α,β-unsaturated/α-hetero) is 1. The predicted octanol–water partition coefficient (Wildman–Crippen LogP) is -0.0327. The number of carboxylic acid groups (broad SMARTS) is 1. The molecule has 10 heteroatoms. The second-order valence-electron chi connectivity index (χ2n) is 7.78. The number of carbonyl (C=O) groups is 2. The quantitative estimate of drug-likeness (QED) is 0.203. The normalized spacial score (nSPS) is 12.8. The van der Waals surface area contributed by atoms with E-state index in [-0.39, 0.29) is 52.7 Å². The molecule has 3 aromatic carbocycles. The van der Waals surface area contributed by atoms with Crippen LogP contribution in [0, 0.1) is 11.3 Å². The van der Waals surface area contributed by atoms with Crippen LogP contribution < -0.4 is 44.1 Å². The van der Waals surface area contributed by atoms with Gasteiger partial charge in [0.1, 0.15) is 24.2 Å². The molecule has 1 aliphatic rings. The minimum absolute atomic E-state index is 0.